The predicted molar refractivity (Wildman–Crippen MR) is 121 cm³/mol. The summed E-state index contributed by atoms with van der Waals surface area (Å²) in [5, 5.41) is 0.367. The van der Waals surface area contributed by atoms with Gasteiger partial charge < -0.3 is 19.3 Å². The molecule has 2 aromatic carbocycles. The fraction of sp³-hybridized carbons (Fsp3) is 0.375. The van der Waals surface area contributed by atoms with Crippen LogP contribution in [0, 0.1) is 5.82 Å². The Balaban J connectivity index is 1.51. The smallest absolute Gasteiger partial charge is 0.410 e. The Morgan fingerprint density at radius 2 is 1.87 bits per heavy atom. The average Bonchev–Trinajstić information content (AvgIpc) is 2.72. The molecule has 4 rings (SSSR count). The molecule has 2 aromatic rings. The van der Waals surface area contributed by atoms with Crippen LogP contribution in [0.15, 0.2) is 36.4 Å². The van der Waals surface area contributed by atoms with Crippen LogP contribution in [0.25, 0.3) is 11.6 Å². The molecule has 164 valence electrons. The first-order valence-corrected chi connectivity index (χ1v) is 10.7. The molecule has 5 nitrogen and oxygen atoms in total. The van der Waals surface area contributed by atoms with Crippen molar-refractivity contribution >= 4 is 35.0 Å². The third-order valence-corrected chi connectivity index (χ3v) is 5.51. The molecule has 7 heteroatoms. The zero-order valence-corrected chi connectivity index (χ0v) is 18.7. The molecule has 0 N–H and O–H groups in total. The highest BCUT2D eigenvalue weighted by atomic mass is 35.5. The largest absolute Gasteiger partial charge is 0.486 e. The number of carbonyl (C=O) groups is 1. The van der Waals surface area contributed by atoms with Crippen LogP contribution in [0.4, 0.5) is 14.9 Å². The molecule has 1 amide bonds. The summed E-state index contributed by atoms with van der Waals surface area (Å²) < 4.78 is 25.9. The van der Waals surface area contributed by atoms with Crippen molar-refractivity contribution in [1.82, 2.24) is 4.90 Å². The summed E-state index contributed by atoms with van der Waals surface area (Å²) in [5.74, 6) is 0.423. The number of hydrogen-bond donors (Lipinski definition) is 0. The van der Waals surface area contributed by atoms with Crippen molar-refractivity contribution in [3.05, 3.63) is 58.4 Å². The average molecular weight is 445 g/mol. The summed E-state index contributed by atoms with van der Waals surface area (Å²) in [5.41, 5.74) is 2.64. The zero-order valence-electron chi connectivity index (χ0n) is 18.0. The molecule has 0 radical (unpaired) electrons. The summed E-state index contributed by atoms with van der Waals surface area (Å²) in [6.45, 7) is 8.40. The Bertz CT molecular complexity index is 1020. The molecule has 0 atom stereocenters. The Kier molecular flexibility index (Phi) is 5.84. The molecule has 0 unspecified atom stereocenters. The predicted octanol–water partition coefficient (Wildman–Crippen LogP) is 5.47. The maximum atomic E-state index is 14.4. The van der Waals surface area contributed by atoms with Crippen molar-refractivity contribution in [2.24, 2.45) is 0 Å². The second kappa shape index (κ2) is 8.42. The van der Waals surface area contributed by atoms with Gasteiger partial charge in [0.25, 0.3) is 0 Å². The number of benzene rings is 2. The fourth-order valence-corrected chi connectivity index (χ4v) is 3.96. The highest BCUT2D eigenvalue weighted by Crippen LogP contribution is 2.39. The van der Waals surface area contributed by atoms with Crippen LogP contribution < -0.4 is 9.64 Å². The van der Waals surface area contributed by atoms with E-state index in [9.17, 15) is 9.18 Å². The van der Waals surface area contributed by atoms with Crippen LogP contribution in [0.3, 0.4) is 0 Å². The fourth-order valence-electron chi connectivity index (χ4n) is 3.80. The number of carbonyl (C=O) groups excluding carboxylic acids is 1. The molecule has 1 saturated heterocycles. The highest BCUT2D eigenvalue weighted by Gasteiger charge is 2.28. The molecule has 2 heterocycles. The molecule has 0 aromatic heterocycles. The van der Waals surface area contributed by atoms with Gasteiger partial charge in [-0.3, -0.25) is 0 Å². The van der Waals surface area contributed by atoms with E-state index >= 15 is 0 Å². The number of para-hydroxylation sites is 1. The molecular weight excluding hydrogens is 419 g/mol. The van der Waals surface area contributed by atoms with E-state index in [-0.39, 0.29) is 18.5 Å². The van der Waals surface area contributed by atoms with Gasteiger partial charge in [0.1, 0.15) is 23.8 Å². The van der Waals surface area contributed by atoms with Gasteiger partial charge in [-0.15, -0.1) is 0 Å². The molecule has 0 spiro atoms. The lowest BCUT2D eigenvalue weighted by atomic mass is 9.99. The van der Waals surface area contributed by atoms with E-state index in [1.54, 1.807) is 17.0 Å². The Hall–Kier alpha value is -2.73. The molecule has 0 bridgehead atoms. The van der Waals surface area contributed by atoms with E-state index in [0.717, 1.165) is 22.6 Å². The van der Waals surface area contributed by atoms with Gasteiger partial charge >= 0.3 is 6.09 Å². The van der Waals surface area contributed by atoms with E-state index in [4.69, 9.17) is 21.1 Å². The summed E-state index contributed by atoms with van der Waals surface area (Å²) in [4.78, 5) is 16.3. The minimum absolute atomic E-state index is 0.278. The second-order valence-electron chi connectivity index (χ2n) is 8.73. The summed E-state index contributed by atoms with van der Waals surface area (Å²) in [6, 6.07) is 10.6. The van der Waals surface area contributed by atoms with E-state index in [2.05, 4.69) is 4.90 Å². The lowest BCUT2D eigenvalue weighted by molar-refractivity contribution is 0.0240. The Labute approximate surface area is 187 Å². The van der Waals surface area contributed by atoms with Crippen molar-refractivity contribution in [3.8, 4) is 5.75 Å². The van der Waals surface area contributed by atoms with Crippen LogP contribution in [-0.2, 0) is 4.74 Å². The Morgan fingerprint density at radius 1 is 1.13 bits per heavy atom. The molecule has 31 heavy (non-hydrogen) atoms. The lowest BCUT2D eigenvalue weighted by Gasteiger charge is -2.37. The normalized spacial score (nSPS) is 16.4. The van der Waals surface area contributed by atoms with Gasteiger partial charge in [0.2, 0.25) is 0 Å². The SMILES string of the molecule is CC(C)(C)OC(=O)N1CCN(c2cccc3c2OCC(c2ccc(Cl)cc2F)=C3)CC1. The lowest BCUT2D eigenvalue weighted by Crippen LogP contribution is -2.50. The van der Waals surface area contributed by atoms with Crippen molar-refractivity contribution in [2.45, 2.75) is 26.4 Å². The van der Waals surface area contributed by atoms with Crippen LogP contribution in [-0.4, -0.2) is 49.4 Å². The summed E-state index contributed by atoms with van der Waals surface area (Å²) >= 11 is 5.88. The second-order valence-corrected chi connectivity index (χ2v) is 9.17. The topological polar surface area (TPSA) is 42.0 Å². The Morgan fingerprint density at radius 3 is 2.55 bits per heavy atom. The number of anilines is 1. The number of nitrogens with zero attached hydrogens (tertiary/aromatic N) is 2. The maximum absolute atomic E-state index is 14.4. The van der Waals surface area contributed by atoms with Crippen molar-refractivity contribution < 1.29 is 18.7 Å². The molecule has 1 fully saturated rings. The number of halogens is 2. The third-order valence-electron chi connectivity index (χ3n) is 5.28. The summed E-state index contributed by atoms with van der Waals surface area (Å²) in [6.07, 6.45) is 1.68. The van der Waals surface area contributed by atoms with Gasteiger partial charge in [-0.05, 0) is 45.0 Å². The van der Waals surface area contributed by atoms with Crippen LogP contribution >= 0.6 is 11.6 Å². The van der Waals surface area contributed by atoms with Gasteiger partial charge in [-0.25, -0.2) is 9.18 Å². The van der Waals surface area contributed by atoms with E-state index < -0.39 is 5.60 Å². The monoisotopic (exact) mass is 444 g/mol. The first-order valence-electron chi connectivity index (χ1n) is 10.4. The third kappa shape index (κ3) is 4.79. The number of piperazine rings is 1. The molecule has 2 aliphatic heterocycles. The molecule has 0 saturated carbocycles. The van der Waals surface area contributed by atoms with Crippen molar-refractivity contribution in [1.29, 1.82) is 0 Å². The maximum Gasteiger partial charge on any atom is 0.410 e. The number of amides is 1. The minimum Gasteiger partial charge on any atom is -0.486 e. The van der Waals surface area contributed by atoms with Gasteiger partial charge in [0.05, 0.1) is 5.69 Å². The van der Waals surface area contributed by atoms with Crippen LogP contribution in [0.1, 0.15) is 31.9 Å². The zero-order chi connectivity index (χ0) is 22.2. The van der Waals surface area contributed by atoms with E-state index in [1.807, 2.05) is 45.0 Å². The number of ether oxygens (including phenoxy) is 2. The van der Waals surface area contributed by atoms with Gasteiger partial charge in [0, 0.05) is 47.9 Å². The van der Waals surface area contributed by atoms with Gasteiger partial charge in [0.15, 0.2) is 0 Å². The van der Waals surface area contributed by atoms with Gasteiger partial charge in [-0.1, -0.05) is 29.8 Å². The summed E-state index contributed by atoms with van der Waals surface area (Å²) in [7, 11) is 0. The van der Waals surface area contributed by atoms with Crippen LogP contribution in [0.2, 0.25) is 5.02 Å². The van der Waals surface area contributed by atoms with E-state index in [0.29, 0.717) is 36.8 Å². The number of fused-ring (bicyclic) bond motifs is 1. The molecule has 2 aliphatic rings. The highest BCUT2D eigenvalue weighted by molar-refractivity contribution is 6.30. The van der Waals surface area contributed by atoms with E-state index in [1.165, 1.54) is 6.07 Å². The standard InChI is InChI=1S/C24H26ClFN2O3/c1-24(2,3)31-23(29)28-11-9-27(10-12-28)21-6-4-5-16-13-17(15-30-22(16)21)19-8-7-18(25)14-20(19)26/h4-8,13-14H,9-12,15H2,1-3H3. The molecular formula is C24H26ClFN2O3. The van der Waals surface area contributed by atoms with Crippen molar-refractivity contribution in [3.63, 3.8) is 0 Å². The first-order chi connectivity index (χ1) is 14.7. The quantitative estimate of drug-likeness (QED) is 0.616. The number of rotatable bonds is 2. The molecule has 0 aliphatic carbocycles. The van der Waals surface area contributed by atoms with Crippen molar-refractivity contribution in [2.75, 3.05) is 37.7 Å². The number of hydrogen-bond acceptors (Lipinski definition) is 4. The van der Waals surface area contributed by atoms with Gasteiger partial charge in [-0.2, -0.15) is 0 Å². The minimum atomic E-state index is -0.506. The first kappa shape index (κ1) is 21.5. The van der Waals surface area contributed by atoms with Crippen LogP contribution in [0.5, 0.6) is 5.75 Å².